The minimum atomic E-state index is 0.316. The van der Waals surface area contributed by atoms with Crippen molar-refractivity contribution in [1.82, 2.24) is 4.98 Å². The van der Waals surface area contributed by atoms with E-state index in [2.05, 4.69) is 4.98 Å². The Morgan fingerprint density at radius 3 is 2.60 bits per heavy atom. The van der Waals surface area contributed by atoms with Crippen LogP contribution < -0.4 is 0 Å². The van der Waals surface area contributed by atoms with Gasteiger partial charge in [-0.25, -0.2) is 0 Å². The second-order valence-corrected chi connectivity index (χ2v) is 5.07. The number of hydrogen-bond donors (Lipinski definition) is 1. The molecule has 0 radical (unpaired) electrons. The van der Waals surface area contributed by atoms with Crippen molar-refractivity contribution in [2.24, 2.45) is 17.8 Å². The molecule has 1 aromatic rings. The molecule has 1 aromatic heterocycles. The zero-order valence-electron chi connectivity index (χ0n) is 8.91. The second kappa shape index (κ2) is 3.51. The van der Waals surface area contributed by atoms with Gasteiger partial charge in [0.2, 0.25) is 0 Å². The van der Waals surface area contributed by atoms with Crippen LogP contribution in [-0.4, -0.2) is 10.8 Å². The maximum absolute atomic E-state index is 12.2. The Morgan fingerprint density at radius 1 is 1.27 bits per heavy atom. The number of fused-ring (bicyclic) bond motifs is 3. The first-order chi connectivity index (χ1) is 7.34. The molecule has 3 aliphatic carbocycles. The topological polar surface area (TPSA) is 32.9 Å². The van der Waals surface area contributed by atoms with E-state index in [4.69, 9.17) is 0 Å². The minimum Gasteiger partial charge on any atom is -0.359 e. The lowest BCUT2D eigenvalue weighted by molar-refractivity contribution is 0.0617. The normalized spacial score (nSPS) is 34.3. The molecule has 0 spiro atoms. The SMILES string of the molecule is O=C(c1ccc[nH]1)C1CC2CCC1CC2. The number of hydrogen-bond acceptors (Lipinski definition) is 1. The Bertz CT molecular complexity index is 347. The molecule has 2 bridgehead atoms. The van der Waals surface area contributed by atoms with E-state index in [9.17, 15) is 4.79 Å². The van der Waals surface area contributed by atoms with E-state index in [0.29, 0.717) is 17.6 Å². The van der Waals surface area contributed by atoms with Crippen LogP contribution in [0.4, 0.5) is 0 Å². The van der Waals surface area contributed by atoms with Crippen LogP contribution in [0.25, 0.3) is 0 Å². The summed E-state index contributed by atoms with van der Waals surface area (Å²) >= 11 is 0. The highest BCUT2D eigenvalue weighted by atomic mass is 16.1. The number of ketones is 1. The van der Waals surface area contributed by atoms with E-state index < -0.39 is 0 Å². The quantitative estimate of drug-likeness (QED) is 0.736. The van der Waals surface area contributed by atoms with Gasteiger partial charge in [-0.15, -0.1) is 0 Å². The second-order valence-electron chi connectivity index (χ2n) is 5.07. The van der Waals surface area contributed by atoms with E-state index in [-0.39, 0.29) is 0 Å². The smallest absolute Gasteiger partial charge is 0.182 e. The minimum absolute atomic E-state index is 0.316. The monoisotopic (exact) mass is 203 g/mol. The molecule has 2 heteroatoms. The molecule has 0 amide bonds. The van der Waals surface area contributed by atoms with Crippen LogP contribution in [0.3, 0.4) is 0 Å². The summed E-state index contributed by atoms with van der Waals surface area (Å²) in [6.07, 6.45) is 8.26. The van der Waals surface area contributed by atoms with Crippen molar-refractivity contribution in [2.75, 3.05) is 0 Å². The average Bonchev–Trinajstić information content (AvgIpc) is 2.83. The molecule has 1 N–H and O–H groups in total. The molecular weight excluding hydrogens is 186 g/mol. The summed E-state index contributed by atoms with van der Waals surface area (Å²) in [7, 11) is 0. The summed E-state index contributed by atoms with van der Waals surface area (Å²) in [5.41, 5.74) is 0.813. The zero-order chi connectivity index (χ0) is 10.3. The highest BCUT2D eigenvalue weighted by Gasteiger charge is 2.39. The average molecular weight is 203 g/mol. The van der Waals surface area contributed by atoms with Crippen LogP contribution in [0.1, 0.15) is 42.6 Å². The van der Waals surface area contributed by atoms with Crippen LogP contribution >= 0.6 is 0 Å². The number of aromatic amines is 1. The molecule has 0 saturated heterocycles. The third-order valence-electron chi connectivity index (χ3n) is 4.25. The van der Waals surface area contributed by atoms with E-state index >= 15 is 0 Å². The molecule has 1 atom stereocenters. The summed E-state index contributed by atoms with van der Waals surface area (Å²) in [5.74, 6) is 2.18. The number of aromatic nitrogens is 1. The highest BCUT2D eigenvalue weighted by Crippen LogP contribution is 2.45. The molecule has 80 valence electrons. The van der Waals surface area contributed by atoms with Gasteiger partial charge in [0, 0.05) is 12.1 Å². The number of carbonyl (C=O) groups is 1. The summed E-state index contributed by atoms with van der Waals surface area (Å²) in [6, 6.07) is 3.82. The Labute approximate surface area is 90.1 Å². The van der Waals surface area contributed by atoms with Gasteiger partial charge in [0.1, 0.15) is 0 Å². The fourth-order valence-corrected chi connectivity index (χ4v) is 3.38. The van der Waals surface area contributed by atoms with Crippen LogP contribution in [-0.2, 0) is 0 Å². The van der Waals surface area contributed by atoms with Gasteiger partial charge in [0.05, 0.1) is 5.69 Å². The molecule has 0 aromatic carbocycles. The van der Waals surface area contributed by atoms with E-state index in [0.717, 1.165) is 18.0 Å². The molecule has 2 nitrogen and oxygen atoms in total. The molecule has 4 rings (SSSR count). The molecule has 0 aliphatic heterocycles. The number of Topliss-reactive ketones (excluding diaryl/α,β-unsaturated/α-hetero) is 1. The lowest BCUT2D eigenvalue weighted by Crippen LogP contribution is -2.36. The van der Waals surface area contributed by atoms with Crippen molar-refractivity contribution >= 4 is 5.78 Å². The fraction of sp³-hybridized carbons (Fsp3) is 0.615. The number of rotatable bonds is 2. The van der Waals surface area contributed by atoms with Gasteiger partial charge in [-0.05, 0) is 43.2 Å². The van der Waals surface area contributed by atoms with Crippen molar-refractivity contribution in [2.45, 2.75) is 32.1 Å². The Kier molecular flexibility index (Phi) is 2.15. The van der Waals surface area contributed by atoms with Gasteiger partial charge in [0.15, 0.2) is 5.78 Å². The number of carbonyl (C=O) groups excluding carboxylic acids is 1. The van der Waals surface area contributed by atoms with Crippen LogP contribution in [0.15, 0.2) is 18.3 Å². The number of H-pyrrole nitrogens is 1. The van der Waals surface area contributed by atoms with E-state index in [1.165, 1.54) is 25.7 Å². The van der Waals surface area contributed by atoms with Gasteiger partial charge in [0.25, 0.3) is 0 Å². The van der Waals surface area contributed by atoms with Crippen LogP contribution in [0.2, 0.25) is 0 Å². The summed E-state index contributed by atoms with van der Waals surface area (Å²) in [5, 5.41) is 0. The third-order valence-corrected chi connectivity index (χ3v) is 4.25. The lowest BCUT2D eigenvalue weighted by Gasteiger charge is -2.41. The molecule has 1 heterocycles. The Balaban J connectivity index is 1.80. The maximum Gasteiger partial charge on any atom is 0.182 e. The molecular formula is C13H17NO. The molecule has 15 heavy (non-hydrogen) atoms. The first kappa shape index (κ1) is 9.20. The van der Waals surface area contributed by atoms with Gasteiger partial charge in [-0.2, -0.15) is 0 Å². The molecule has 3 saturated carbocycles. The van der Waals surface area contributed by atoms with E-state index in [1.54, 1.807) is 0 Å². The third kappa shape index (κ3) is 1.52. The fourth-order valence-electron chi connectivity index (χ4n) is 3.38. The van der Waals surface area contributed by atoms with Crippen molar-refractivity contribution in [3.05, 3.63) is 24.0 Å². The molecule has 3 fully saturated rings. The standard InChI is InChI=1S/C13H17NO/c15-13(12-2-1-7-14-12)11-8-9-3-5-10(11)6-4-9/h1-2,7,9-11,14H,3-6,8H2. The predicted octanol–water partition coefficient (Wildman–Crippen LogP) is 3.02. The van der Waals surface area contributed by atoms with Gasteiger partial charge in [-0.3, -0.25) is 4.79 Å². The first-order valence-electron chi connectivity index (χ1n) is 6.02. The summed E-state index contributed by atoms with van der Waals surface area (Å²) in [6.45, 7) is 0. The predicted molar refractivity (Wildman–Crippen MR) is 58.7 cm³/mol. The summed E-state index contributed by atoms with van der Waals surface area (Å²) < 4.78 is 0. The highest BCUT2D eigenvalue weighted by molar-refractivity contribution is 5.96. The molecule has 1 unspecified atom stereocenters. The first-order valence-corrected chi connectivity index (χ1v) is 6.02. The van der Waals surface area contributed by atoms with Gasteiger partial charge < -0.3 is 4.98 Å². The Hall–Kier alpha value is -1.05. The Morgan fingerprint density at radius 2 is 2.07 bits per heavy atom. The van der Waals surface area contributed by atoms with Crippen LogP contribution in [0, 0.1) is 17.8 Å². The van der Waals surface area contributed by atoms with Gasteiger partial charge in [-0.1, -0.05) is 12.8 Å². The zero-order valence-corrected chi connectivity index (χ0v) is 8.91. The molecule has 3 aliphatic rings. The lowest BCUT2D eigenvalue weighted by atomic mass is 9.63. The largest absolute Gasteiger partial charge is 0.359 e. The van der Waals surface area contributed by atoms with Gasteiger partial charge >= 0.3 is 0 Å². The van der Waals surface area contributed by atoms with Crippen molar-refractivity contribution in [1.29, 1.82) is 0 Å². The van der Waals surface area contributed by atoms with Crippen molar-refractivity contribution in [3.63, 3.8) is 0 Å². The van der Waals surface area contributed by atoms with Crippen molar-refractivity contribution in [3.8, 4) is 0 Å². The maximum atomic E-state index is 12.2. The number of nitrogens with one attached hydrogen (secondary N) is 1. The van der Waals surface area contributed by atoms with E-state index in [1.807, 2.05) is 18.3 Å². The van der Waals surface area contributed by atoms with Crippen molar-refractivity contribution < 1.29 is 4.79 Å². The van der Waals surface area contributed by atoms with Crippen LogP contribution in [0.5, 0.6) is 0 Å². The summed E-state index contributed by atoms with van der Waals surface area (Å²) in [4.78, 5) is 15.3.